The molecule has 0 bridgehead atoms. The molecule has 2 N–H and O–H groups in total. The van der Waals surface area contributed by atoms with Gasteiger partial charge in [0.15, 0.2) is 0 Å². The average molecular weight is 338 g/mol. The molecule has 0 aliphatic rings. The van der Waals surface area contributed by atoms with Crippen molar-refractivity contribution in [3.63, 3.8) is 0 Å². The van der Waals surface area contributed by atoms with E-state index in [1.54, 1.807) is 24.3 Å². The van der Waals surface area contributed by atoms with Crippen molar-refractivity contribution in [1.29, 1.82) is 0 Å². The molecular formula is C13H15Cl3N2O2. The summed E-state index contributed by atoms with van der Waals surface area (Å²) in [5.74, 6) is -0.825. The summed E-state index contributed by atoms with van der Waals surface area (Å²) in [5, 5.41) is 5.19. The zero-order valence-corrected chi connectivity index (χ0v) is 13.1. The highest BCUT2D eigenvalue weighted by atomic mass is 35.6. The number of carbonyl (C=O) groups excluding carboxylic acids is 2. The number of hydrogen-bond donors (Lipinski definition) is 2. The van der Waals surface area contributed by atoms with E-state index in [4.69, 9.17) is 34.8 Å². The summed E-state index contributed by atoms with van der Waals surface area (Å²) in [5.41, 5.74) is 1.02. The number of anilines is 2. The first-order chi connectivity index (χ1) is 9.32. The van der Waals surface area contributed by atoms with Crippen LogP contribution < -0.4 is 10.6 Å². The Morgan fingerprint density at radius 2 is 1.75 bits per heavy atom. The quantitative estimate of drug-likeness (QED) is 0.794. The van der Waals surface area contributed by atoms with Gasteiger partial charge in [-0.05, 0) is 24.6 Å². The van der Waals surface area contributed by atoms with Crippen LogP contribution in [0.4, 0.5) is 11.4 Å². The molecule has 110 valence electrons. The molecule has 0 unspecified atom stereocenters. The van der Waals surface area contributed by atoms with Gasteiger partial charge >= 0.3 is 0 Å². The predicted octanol–water partition coefficient (Wildman–Crippen LogP) is 4.12. The second-order valence-corrected chi connectivity index (χ2v) is 6.47. The van der Waals surface area contributed by atoms with Crippen molar-refractivity contribution in [1.82, 2.24) is 0 Å². The molecule has 0 heterocycles. The van der Waals surface area contributed by atoms with Gasteiger partial charge in [-0.15, -0.1) is 0 Å². The minimum atomic E-state index is -2.03. The number of benzene rings is 1. The van der Waals surface area contributed by atoms with E-state index in [2.05, 4.69) is 10.6 Å². The molecule has 4 nitrogen and oxygen atoms in total. The third-order valence-corrected chi connectivity index (χ3v) is 2.93. The Hall–Kier alpha value is -0.970. The van der Waals surface area contributed by atoms with E-state index >= 15 is 0 Å². The Bertz CT molecular complexity index is 487. The molecule has 20 heavy (non-hydrogen) atoms. The van der Waals surface area contributed by atoms with Gasteiger partial charge in [-0.25, -0.2) is 0 Å². The smallest absolute Gasteiger partial charge is 0.276 e. The third-order valence-electron chi connectivity index (χ3n) is 2.42. The van der Waals surface area contributed by atoms with E-state index in [1.807, 2.05) is 6.92 Å². The first-order valence-electron chi connectivity index (χ1n) is 6.11. The lowest BCUT2D eigenvalue weighted by molar-refractivity contribution is -0.116. The summed E-state index contributed by atoms with van der Waals surface area (Å²) in [7, 11) is 0. The molecule has 0 radical (unpaired) electrons. The third kappa shape index (κ3) is 5.99. The van der Waals surface area contributed by atoms with E-state index in [9.17, 15) is 9.59 Å². The molecule has 0 fully saturated rings. The molecule has 1 aromatic carbocycles. The summed E-state index contributed by atoms with van der Waals surface area (Å²) in [4.78, 5) is 23.1. The number of alkyl halides is 3. The maximum absolute atomic E-state index is 11.6. The number of carbonyl (C=O) groups is 2. The number of rotatable bonds is 5. The molecule has 1 aromatic rings. The van der Waals surface area contributed by atoms with Gasteiger partial charge in [-0.3, -0.25) is 9.59 Å². The van der Waals surface area contributed by atoms with Crippen LogP contribution in [0, 0.1) is 0 Å². The number of unbranched alkanes of at least 4 members (excludes halogenated alkanes) is 1. The second kappa shape index (κ2) is 7.72. The minimum Gasteiger partial charge on any atom is -0.326 e. The van der Waals surface area contributed by atoms with E-state index < -0.39 is 9.70 Å². The van der Waals surface area contributed by atoms with Crippen molar-refractivity contribution in [2.45, 2.75) is 30.0 Å². The van der Waals surface area contributed by atoms with E-state index in [1.165, 1.54) is 0 Å². The maximum atomic E-state index is 11.6. The fourth-order valence-corrected chi connectivity index (χ4v) is 1.58. The number of halogens is 3. The fourth-order valence-electron chi connectivity index (χ4n) is 1.44. The van der Waals surface area contributed by atoms with Crippen LogP contribution in [0.5, 0.6) is 0 Å². The molecule has 2 amide bonds. The van der Waals surface area contributed by atoms with Gasteiger partial charge in [0.2, 0.25) is 5.91 Å². The Morgan fingerprint density at radius 3 is 2.30 bits per heavy atom. The van der Waals surface area contributed by atoms with Crippen LogP contribution in [-0.2, 0) is 9.59 Å². The molecule has 0 aromatic heterocycles. The zero-order chi connectivity index (χ0) is 15.2. The fraction of sp³-hybridized carbons (Fsp3) is 0.385. The lowest BCUT2D eigenvalue weighted by Crippen LogP contribution is -2.26. The molecule has 0 atom stereocenters. The number of nitrogens with one attached hydrogen (secondary N) is 2. The SMILES string of the molecule is CCCCC(=O)Nc1cccc(NC(=O)C(Cl)(Cl)Cl)c1. The van der Waals surface area contributed by atoms with Crippen molar-refractivity contribution in [2.24, 2.45) is 0 Å². The first kappa shape index (κ1) is 17.1. The van der Waals surface area contributed by atoms with Gasteiger partial charge < -0.3 is 10.6 Å². The van der Waals surface area contributed by atoms with Crippen LogP contribution in [0.3, 0.4) is 0 Å². The van der Waals surface area contributed by atoms with Gasteiger partial charge in [0.05, 0.1) is 0 Å². The minimum absolute atomic E-state index is 0.0725. The topological polar surface area (TPSA) is 58.2 Å². The second-order valence-electron chi connectivity index (χ2n) is 4.18. The van der Waals surface area contributed by atoms with Gasteiger partial charge in [-0.1, -0.05) is 54.2 Å². The van der Waals surface area contributed by atoms with Crippen molar-refractivity contribution >= 4 is 58.0 Å². The van der Waals surface area contributed by atoms with Gasteiger partial charge in [-0.2, -0.15) is 0 Å². The highest BCUT2D eigenvalue weighted by Crippen LogP contribution is 2.28. The molecule has 1 rings (SSSR count). The number of amides is 2. The van der Waals surface area contributed by atoms with E-state index in [-0.39, 0.29) is 5.91 Å². The summed E-state index contributed by atoms with van der Waals surface area (Å²) in [6, 6.07) is 6.63. The Morgan fingerprint density at radius 1 is 1.15 bits per heavy atom. The molecule has 0 aliphatic heterocycles. The summed E-state index contributed by atoms with van der Waals surface area (Å²) in [6.07, 6.45) is 2.24. The van der Waals surface area contributed by atoms with Crippen LogP contribution in [0.1, 0.15) is 26.2 Å². The van der Waals surface area contributed by atoms with Crippen LogP contribution in [0.15, 0.2) is 24.3 Å². The predicted molar refractivity (Wildman–Crippen MR) is 83.5 cm³/mol. The van der Waals surface area contributed by atoms with Crippen LogP contribution in [0.25, 0.3) is 0 Å². The summed E-state index contributed by atoms with van der Waals surface area (Å²) >= 11 is 16.4. The Labute approximate surface area is 132 Å². The monoisotopic (exact) mass is 336 g/mol. The number of hydrogen-bond acceptors (Lipinski definition) is 2. The molecule has 0 saturated heterocycles. The maximum Gasteiger partial charge on any atom is 0.276 e. The highest BCUT2D eigenvalue weighted by molar-refractivity contribution is 6.76. The van der Waals surface area contributed by atoms with Crippen molar-refractivity contribution in [3.05, 3.63) is 24.3 Å². The van der Waals surface area contributed by atoms with E-state index in [0.717, 1.165) is 12.8 Å². The summed E-state index contributed by atoms with van der Waals surface area (Å²) < 4.78 is -2.03. The molecule has 0 aliphatic carbocycles. The first-order valence-corrected chi connectivity index (χ1v) is 7.24. The van der Waals surface area contributed by atoms with Crippen molar-refractivity contribution in [2.75, 3.05) is 10.6 Å². The van der Waals surface area contributed by atoms with Gasteiger partial charge in [0, 0.05) is 17.8 Å². The van der Waals surface area contributed by atoms with Gasteiger partial charge in [0.1, 0.15) is 0 Å². The molecular weight excluding hydrogens is 323 g/mol. The lowest BCUT2D eigenvalue weighted by Gasteiger charge is -2.12. The van der Waals surface area contributed by atoms with Gasteiger partial charge in [0.25, 0.3) is 9.70 Å². The largest absolute Gasteiger partial charge is 0.326 e. The Kier molecular flexibility index (Phi) is 6.59. The van der Waals surface area contributed by atoms with Crippen molar-refractivity contribution < 1.29 is 9.59 Å². The molecule has 7 heteroatoms. The van der Waals surface area contributed by atoms with Crippen LogP contribution in [-0.4, -0.2) is 15.6 Å². The molecule has 0 spiro atoms. The molecule has 0 saturated carbocycles. The zero-order valence-electron chi connectivity index (χ0n) is 10.9. The average Bonchev–Trinajstić information content (AvgIpc) is 2.35. The van der Waals surface area contributed by atoms with E-state index in [0.29, 0.717) is 17.8 Å². The lowest BCUT2D eigenvalue weighted by atomic mass is 10.2. The van der Waals surface area contributed by atoms with Crippen LogP contribution >= 0.6 is 34.8 Å². The summed E-state index contributed by atoms with van der Waals surface area (Å²) in [6.45, 7) is 2.01. The highest BCUT2D eigenvalue weighted by Gasteiger charge is 2.30. The Balaban J connectivity index is 2.66. The normalized spacial score (nSPS) is 11.0. The standard InChI is InChI=1S/C13H15Cl3N2O2/c1-2-3-7-11(19)17-9-5-4-6-10(8-9)18-12(20)13(14,15)16/h4-6,8H,2-3,7H2,1H3,(H,17,19)(H,18,20). The van der Waals surface area contributed by atoms with Crippen LogP contribution in [0.2, 0.25) is 0 Å². The van der Waals surface area contributed by atoms with Crippen molar-refractivity contribution in [3.8, 4) is 0 Å².